The predicted molar refractivity (Wildman–Crippen MR) is 68.2 cm³/mol. The molecule has 100 valence electrons. The Labute approximate surface area is 104 Å². The summed E-state index contributed by atoms with van der Waals surface area (Å²) in [7, 11) is 4.16. The van der Waals surface area contributed by atoms with Gasteiger partial charge in [-0.3, -0.25) is 9.69 Å². The van der Waals surface area contributed by atoms with Gasteiger partial charge in [-0.05, 0) is 27.1 Å². The highest BCUT2D eigenvalue weighted by Gasteiger charge is 2.28. The smallest absolute Gasteiger partial charge is 0.322 e. The second-order valence-corrected chi connectivity index (χ2v) is 5.38. The lowest BCUT2D eigenvalue weighted by Crippen LogP contribution is -2.48. The average Bonchev–Trinajstić information content (AvgIpc) is 2.64. The standard InChI is InChI=1S/C12H25N3O2/c1-9(2)13-11(12(16)17)8-15-6-5-10(7-15)14(3)4/h9-11,13H,5-8H2,1-4H3,(H,16,17). The number of nitrogens with zero attached hydrogens (tertiary/aromatic N) is 2. The van der Waals surface area contributed by atoms with E-state index in [1.807, 2.05) is 13.8 Å². The van der Waals surface area contributed by atoms with Gasteiger partial charge in [-0.2, -0.15) is 0 Å². The molecule has 1 saturated heterocycles. The molecule has 2 N–H and O–H groups in total. The van der Waals surface area contributed by atoms with Gasteiger partial charge >= 0.3 is 5.97 Å². The molecule has 0 aromatic rings. The molecule has 2 atom stereocenters. The Balaban J connectivity index is 2.43. The zero-order chi connectivity index (χ0) is 13.0. The summed E-state index contributed by atoms with van der Waals surface area (Å²) in [5, 5.41) is 12.3. The van der Waals surface area contributed by atoms with E-state index in [-0.39, 0.29) is 6.04 Å². The van der Waals surface area contributed by atoms with Gasteiger partial charge in [0, 0.05) is 25.2 Å². The number of carboxylic acid groups (broad SMARTS) is 1. The summed E-state index contributed by atoms with van der Waals surface area (Å²) in [5.74, 6) is -0.757. The number of nitrogens with one attached hydrogen (secondary N) is 1. The van der Waals surface area contributed by atoms with Crippen LogP contribution in [0.25, 0.3) is 0 Å². The van der Waals surface area contributed by atoms with Gasteiger partial charge in [0.1, 0.15) is 6.04 Å². The minimum atomic E-state index is -0.757. The Morgan fingerprint density at radius 3 is 2.59 bits per heavy atom. The number of carbonyl (C=O) groups is 1. The second kappa shape index (κ2) is 6.33. The van der Waals surface area contributed by atoms with Crippen LogP contribution < -0.4 is 5.32 Å². The summed E-state index contributed by atoms with van der Waals surface area (Å²) in [6.07, 6.45) is 1.13. The normalized spacial score (nSPS) is 23.5. The number of rotatable bonds is 6. The fourth-order valence-corrected chi connectivity index (χ4v) is 2.26. The molecule has 0 aliphatic carbocycles. The number of carboxylic acids is 1. The van der Waals surface area contributed by atoms with E-state index in [9.17, 15) is 4.79 Å². The van der Waals surface area contributed by atoms with Crippen molar-refractivity contribution < 1.29 is 9.90 Å². The van der Waals surface area contributed by atoms with Gasteiger partial charge in [0.2, 0.25) is 0 Å². The van der Waals surface area contributed by atoms with Crippen LogP contribution in [0.4, 0.5) is 0 Å². The summed E-state index contributed by atoms with van der Waals surface area (Å²) in [6.45, 7) is 6.51. The Morgan fingerprint density at radius 2 is 2.18 bits per heavy atom. The maximum Gasteiger partial charge on any atom is 0.322 e. The second-order valence-electron chi connectivity index (χ2n) is 5.38. The van der Waals surface area contributed by atoms with Crippen molar-refractivity contribution in [2.24, 2.45) is 0 Å². The lowest BCUT2D eigenvalue weighted by Gasteiger charge is -2.24. The van der Waals surface area contributed by atoms with Crippen molar-refractivity contribution in [1.82, 2.24) is 15.1 Å². The minimum absolute atomic E-state index is 0.198. The molecule has 5 nitrogen and oxygen atoms in total. The molecule has 1 aliphatic heterocycles. The van der Waals surface area contributed by atoms with Crippen molar-refractivity contribution in [2.75, 3.05) is 33.7 Å². The van der Waals surface area contributed by atoms with Crippen molar-refractivity contribution >= 4 is 5.97 Å². The molecular weight excluding hydrogens is 218 g/mol. The van der Waals surface area contributed by atoms with Crippen LogP contribution in [0.2, 0.25) is 0 Å². The molecule has 17 heavy (non-hydrogen) atoms. The number of likely N-dealkylation sites (tertiary alicyclic amines) is 1. The van der Waals surface area contributed by atoms with Gasteiger partial charge in [-0.1, -0.05) is 13.8 Å². The molecule has 0 amide bonds. The highest BCUT2D eigenvalue weighted by molar-refractivity contribution is 5.73. The third-order valence-corrected chi connectivity index (χ3v) is 3.25. The molecule has 1 heterocycles. The van der Waals surface area contributed by atoms with E-state index in [0.717, 1.165) is 19.5 Å². The van der Waals surface area contributed by atoms with E-state index in [0.29, 0.717) is 12.6 Å². The molecule has 0 aromatic heterocycles. The Morgan fingerprint density at radius 1 is 1.53 bits per heavy atom. The zero-order valence-corrected chi connectivity index (χ0v) is 11.3. The van der Waals surface area contributed by atoms with Crippen molar-refractivity contribution in [1.29, 1.82) is 0 Å². The van der Waals surface area contributed by atoms with Gasteiger partial charge in [-0.15, -0.1) is 0 Å². The lowest BCUT2D eigenvalue weighted by molar-refractivity contribution is -0.140. The fraction of sp³-hybridized carbons (Fsp3) is 0.917. The van der Waals surface area contributed by atoms with Gasteiger partial charge in [0.15, 0.2) is 0 Å². The maximum atomic E-state index is 11.1. The molecule has 1 rings (SSSR count). The number of likely N-dealkylation sites (N-methyl/N-ethyl adjacent to an activating group) is 1. The summed E-state index contributed by atoms with van der Waals surface area (Å²) >= 11 is 0. The highest BCUT2D eigenvalue weighted by atomic mass is 16.4. The van der Waals surface area contributed by atoms with Crippen molar-refractivity contribution in [3.63, 3.8) is 0 Å². The van der Waals surface area contributed by atoms with Crippen LogP contribution in [0.15, 0.2) is 0 Å². The van der Waals surface area contributed by atoms with Crippen LogP contribution in [0.1, 0.15) is 20.3 Å². The first-order chi connectivity index (χ1) is 7.90. The van der Waals surface area contributed by atoms with E-state index >= 15 is 0 Å². The molecular formula is C12H25N3O2. The van der Waals surface area contributed by atoms with E-state index in [1.165, 1.54) is 0 Å². The molecule has 0 aromatic carbocycles. The summed E-state index contributed by atoms with van der Waals surface area (Å²) in [6, 6.07) is 0.294. The Kier molecular flexibility index (Phi) is 5.36. The highest BCUT2D eigenvalue weighted by Crippen LogP contribution is 2.13. The lowest BCUT2D eigenvalue weighted by atomic mass is 10.2. The SMILES string of the molecule is CC(C)NC(CN1CCC(N(C)C)C1)C(=O)O. The topological polar surface area (TPSA) is 55.8 Å². The van der Waals surface area contributed by atoms with Gasteiger partial charge < -0.3 is 15.3 Å². The number of hydrogen-bond donors (Lipinski definition) is 2. The molecule has 0 radical (unpaired) electrons. The van der Waals surface area contributed by atoms with Gasteiger partial charge in [0.05, 0.1) is 0 Å². The summed E-state index contributed by atoms with van der Waals surface area (Å²) in [4.78, 5) is 15.6. The molecule has 0 saturated carbocycles. The Hall–Kier alpha value is -0.650. The molecule has 0 spiro atoms. The van der Waals surface area contributed by atoms with Crippen LogP contribution in [0, 0.1) is 0 Å². The van der Waals surface area contributed by atoms with E-state index < -0.39 is 12.0 Å². The minimum Gasteiger partial charge on any atom is -0.480 e. The summed E-state index contributed by atoms with van der Waals surface area (Å²) in [5.41, 5.74) is 0. The Bertz CT molecular complexity index is 256. The molecule has 2 unspecified atom stereocenters. The molecule has 1 aliphatic rings. The van der Waals surface area contributed by atoms with Crippen molar-refractivity contribution in [3.8, 4) is 0 Å². The monoisotopic (exact) mass is 243 g/mol. The van der Waals surface area contributed by atoms with Crippen LogP contribution in [-0.2, 0) is 4.79 Å². The van der Waals surface area contributed by atoms with Crippen LogP contribution >= 0.6 is 0 Å². The predicted octanol–water partition coefficient (Wildman–Crippen LogP) is 0.0735. The largest absolute Gasteiger partial charge is 0.480 e. The van der Waals surface area contributed by atoms with Crippen LogP contribution in [-0.4, -0.2) is 72.7 Å². The van der Waals surface area contributed by atoms with Crippen LogP contribution in [0.3, 0.4) is 0 Å². The third kappa shape index (κ3) is 4.61. The van der Waals surface area contributed by atoms with Crippen molar-refractivity contribution in [2.45, 2.75) is 38.4 Å². The maximum absolute atomic E-state index is 11.1. The third-order valence-electron chi connectivity index (χ3n) is 3.25. The first-order valence-corrected chi connectivity index (χ1v) is 6.27. The van der Waals surface area contributed by atoms with Crippen LogP contribution in [0.5, 0.6) is 0 Å². The number of hydrogen-bond acceptors (Lipinski definition) is 4. The average molecular weight is 243 g/mol. The van der Waals surface area contributed by atoms with Gasteiger partial charge in [-0.25, -0.2) is 0 Å². The van der Waals surface area contributed by atoms with E-state index in [2.05, 4.69) is 29.2 Å². The van der Waals surface area contributed by atoms with Crippen molar-refractivity contribution in [3.05, 3.63) is 0 Å². The molecule has 5 heteroatoms. The molecule has 1 fully saturated rings. The summed E-state index contributed by atoms with van der Waals surface area (Å²) < 4.78 is 0. The van der Waals surface area contributed by atoms with E-state index in [4.69, 9.17) is 5.11 Å². The first-order valence-electron chi connectivity index (χ1n) is 6.27. The quantitative estimate of drug-likeness (QED) is 0.691. The number of aliphatic carboxylic acids is 1. The van der Waals surface area contributed by atoms with Gasteiger partial charge in [0.25, 0.3) is 0 Å². The van der Waals surface area contributed by atoms with E-state index in [1.54, 1.807) is 0 Å². The first kappa shape index (κ1) is 14.4. The zero-order valence-electron chi connectivity index (χ0n) is 11.3. The fourth-order valence-electron chi connectivity index (χ4n) is 2.26. The molecule has 0 bridgehead atoms.